The lowest BCUT2D eigenvalue weighted by Gasteiger charge is -2.52. The smallest absolute Gasteiger partial charge is 0.410 e. The molecule has 2 fully saturated rings. The number of ether oxygens (including phenoxy) is 2. The summed E-state index contributed by atoms with van der Waals surface area (Å²) < 4.78 is 11.8. The summed E-state index contributed by atoms with van der Waals surface area (Å²) in [6.07, 6.45) is 7.83. The molecule has 5 heteroatoms. The Morgan fingerprint density at radius 1 is 1.10 bits per heavy atom. The fourth-order valence-electron chi connectivity index (χ4n) is 4.89. The first kappa shape index (κ1) is 21.2. The van der Waals surface area contributed by atoms with E-state index in [2.05, 4.69) is 41.3 Å². The van der Waals surface area contributed by atoms with Crippen molar-refractivity contribution in [1.29, 1.82) is 0 Å². The lowest BCUT2D eigenvalue weighted by Crippen LogP contribution is -2.51. The Kier molecular flexibility index (Phi) is 6.10. The Morgan fingerprint density at radius 3 is 2.40 bits per heavy atom. The fourth-order valence-corrected chi connectivity index (χ4v) is 4.89. The van der Waals surface area contributed by atoms with Gasteiger partial charge in [-0.15, -0.1) is 0 Å². The SMILES string of the molecule is CC(C)(C)OC(=O)N1CCC2(CC1)CC(OC1=CCN(Cc3ccccc3)CC1)C2. The van der Waals surface area contributed by atoms with Gasteiger partial charge in [0.15, 0.2) is 0 Å². The summed E-state index contributed by atoms with van der Waals surface area (Å²) in [5, 5.41) is 0. The highest BCUT2D eigenvalue weighted by Crippen LogP contribution is 2.51. The molecule has 3 aliphatic rings. The third-order valence-corrected chi connectivity index (χ3v) is 6.62. The summed E-state index contributed by atoms with van der Waals surface area (Å²) in [7, 11) is 0. The van der Waals surface area contributed by atoms with Gasteiger partial charge in [-0.25, -0.2) is 4.79 Å². The van der Waals surface area contributed by atoms with E-state index >= 15 is 0 Å². The van der Waals surface area contributed by atoms with Crippen LogP contribution >= 0.6 is 0 Å². The zero-order valence-corrected chi connectivity index (χ0v) is 18.7. The van der Waals surface area contributed by atoms with Crippen LogP contribution in [0.3, 0.4) is 0 Å². The van der Waals surface area contributed by atoms with Crippen LogP contribution < -0.4 is 0 Å². The van der Waals surface area contributed by atoms with Gasteiger partial charge in [0.05, 0.1) is 11.9 Å². The standard InChI is InChI=1S/C25H36N2O3/c1-24(2,3)30-23(28)27-15-11-25(12-16-27)17-22(18-25)29-21-9-13-26(14-10-21)19-20-7-5-4-6-8-20/h4-9,22H,10-19H2,1-3H3. The molecule has 1 saturated heterocycles. The van der Waals surface area contributed by atoms with Crippen molar-refractivity contribution in [1.82, 2.24) is 9.80 Å². The van der Waals surface area contributed by atoms with Gasteiger partial charge < -0.3 is 14.4 Å². The summed E-state index contributed by atoms with van der Waals surface area (Å²) in [6, 6.07) is 10.7. The summed E-state index contributed by atoms with van der Waals surface area (Å²) >= 11 is 0. The average Bonchev–Trinajstić information content (AvgIpc) is 2.68. The lowest BCUT2D eigenvalue weighted by atomic mass is 9.61. The Labute approximate surface area is 181 Å². The van der Waals surface area contributed by atoms with Crippen molar-refractivity contribution < 1.29 is 14.3 Å². The highest BCUT2D eigenvalue weighted by molar-refractivity contribution is 5.68. The number of hydrogen-bond donors (Lipinski definition) is 0. The second kappa shape index (κ2) is 8.62. The van der Waals surface area contributed by atoms with Crippen molar-refractivity contribution >= 4 is 6.09 Å². The van der Waals surface area contributed by atoms with Crippen LogP contribution in [0, 0.1) is 5.41 Å². The monoisotopic (exact) mass is 412 g/mol. The largest absolute Gasteiger partial charge is 0.495 e. The normalized spacial score (nSPS) is 22.4. The number of amides is 1. The third kappa shape index (κ3) is 5.37. The van der Waals surface area contributed by atoms with Crippen LogP contribution in [0.1, 0.15) is 58.4 Å². The Morgan fingerprint density at radius 2 is 1.80 bits per heavy atom. The molecule has 1 aliphatic carbocycles. The minimum absolute atomic E-state index is 0.170. The number of benzene rings is 1. The molecule has 0 radical (unpaired) electrons. The first-order valence-corrected chi connectivity index (χ1v) is 11.4. The van der Waals surface area contributed by atoms with E-state index in [1.54, 1.807) is 0 Å². The Hall–Kier alpha value is -2.01. The molecule has 4 rings (SSSR count). The quantitative estimate of drug-likeness (QED) is 0.700. The number of carbonyl (C=O) groups excluding carboxylic acids is 1. The second-order valence-corrected chi connectivity index (χ2v) is 10.3. The van der Waals surface area contributed by atoms with Crippen LogP contribution in [-0.4, -0.2) is 53.8 Å². The molecule has 164 valence electrons. The summed E-state index contributed by atoms with van der Waals surface area (Å²) in [5.74, 6) is 1.17. The van der Waals surface area contributed by atoms with E-state index in [9.17, 15) is 4.79 Å². The van der Waals surface area contributed by atoms with Crippen LogP contribution in [0.2, 0.25) is 0 Å². The molecule has 1 aromatic carbocycles. The molecule has 0 aromatic heterocycles. The minimum Gasteiger partial charge on any atom is -0.495 e. The zero-order valence-electron chi connectivity index (χ0n) is 18.7. The van der Waals surface area contributed by atoms with Gasteiger partial charge in [-0.1, -0.05) is 30.3 Å². The van der Waals surface area contributed by atoms with E-state index in [4.69, 9.17) is 9.47 Å². The molecule has 30 heavy (non-hydrogen) atoms. The van der Waals surface area contributed by atoms with Gasteiger partial charge in [-0.3, -0.25) is 4.90 Å². The highest BCUT2D eigenvalue weighted by atomic mass is 16.6. The molecule has 0 bridgehead atoms. The molecule has 0 unspecified atom stereocenters. The van der Waals surface area contributed by atoms with Crippen LogP contribution in [0.25, 0.3) is 0 Å². The maximum Gasteiger partial charge on any atom is 0.410 e. The zero-order chi connectivity index (χ0) is 21.2. The molecule has 1 spiro atoms. The molecule has 1 saturated carbocycles. The number of piperidine rings is 1. The van der Waals surface area contributed by atoms with Crippen molar-refractivity contribution in [3.63, 3.8) is 0 Å². The van der Waals surface area contributed by atoms with E-state index in [0.29, 0.717) is 11.5 Å². The highest BCUT2D eigenvalue weighted by Gasteiger charge is 2.48. The van der Waals surface area contributed by atoms with Crippen molar-refractivity contribution in [2.45, 2.75) is 71.1 Å². The second-order valence-electron chi connectivity index (χ2n) is 10.3. The number of likely N-dealkylation sites (tertiary alicyclic amines) is 1. The van der Waals surface area contributed by atoms with E-state index in [0.717, 1.165) is 64.8 Å². The van der Waals surface area contributed by atoms with Gasteiger partial charge in [-0.05, 0) is 63.5 Å². The molecule has 0 N–H and O–H groups in total. The van der Waals surface area contributed by atoms with Gasteiger partial charge >= 0.3 is 6.09 Å². The minimum atomic E-state index is -0.425. The Balaban J connectivity index is 1.17. The van der Waals surface area contributed by atoms with Crippen molar-refractivity contribution in [2.75, 3.05) is 26.2 Å². The van der Waals surface area contributed by atoms with Crippen LogP contribution in [-0.2, 0) is 16.0 Å². The predicted molar refractivity (Wildman–Crippen MR) is 118 cm³/mol. The number of carbonyl (C=O) groups is 1. The molecule has 2 aliphatic heterocycles. The van der Waals surface area contributed by atoms with Gasteiger partial charge in [0.1, 0.15) is 5.60 Å². The predicted octanol–water partition coefficient (Wildman–Crippen LogP) is 4.97. The molecular formula is C25H36N2O3. The van der Waals surface area contributed by atoms with Gasteiger partial charge in [0, 0.05) is 39.1 Å². The molecule has 1 amide bonds. The summed E-state index contributed by atoms with van der Waals surface area (Å²) in [4.78, 5) is 16.6. The average molecular weight is 413 g/mol. The van der Waals surface area contributed by atoms with Crippen molar-refractivity contribution in [2.24, 2.45) is 5.41 Å². The van der Waals surface area contributed by atoms with E-state index in [1.165, 1.54) is 11.3 Å². The van der Waals surface area contributed by atoms with E-state index < -0.39 is 5.60 Å². The molecule has 0 atom stereocenters. The number of rotatable bonds is 4. The van der Waals surface area contributed by atoms with Crippen LogP contribution in [0.15, 0.2) is 42.2 Å². The topological polar surface area (TPSA) is 42.0 Å². The van der Waals surface area contributed by atoms with Crippen LogP contribution in [0.5, 0.6) is 0 Å². The van der Waals surface area contributed by atoms with Gasteiger partial charge in [0.2, 0.25) is 0 Å². The van der Waals surface area contributed by atoms with Gasteiger partial charge in [-0.2, -0.15) is 0 Å². The molecule has 2 heterocycles. The maximum absolute atomic E-state index is 12.3. The molecular weight excluding hydrogens is 376 g/mol. The molecule has 5 nitrogen and oxygen atoms in total. The first-order chi connectivity index (χ1) is 14.3. The van der Waals surface area contributed by atoms with Gasteiger partial charge in [0.25, 0.3) is 0 Å². The van der Waals surface area contributed by atoms with Crippen molar-refractivity contribution in [3.05, 3.63) is 47.7 Å². The molecule has 1 aromatic rings. The third-order valence-electron chi connectivity index (χ3n) is 6.62. The van der Waals surface area contributed by atoms with E-state index in [1.807, 2.05) is 25.7 Å². The maximum atomic E-state index is 12.3. The summed E-state index contributed by atoms with van der Waals surface area (Å²) in [6.45, 7) is 10.4. The van der Waals surface area contributed by atoms with Crippen molar-refractivity contribution in [3.8, 4) is 0 Å². The summed E-state index contributed by atoms with van der Waals surface area (Å²) in [5.41, 5.74) is 1.32. The first-order valence-electron chi connectivity index (χ1n) is 11.4. The van der Waals surface area contributed by atoms with E-state index in [-0.39, 0.29) is 6.09 Å². The fraction of sp³-hybridized carbons (Fsp3) is 0.640. The number of hydrogen-bond acceptors (Lipinski definition) is 4. The lowest BCUT2D eigenvalue weighted by molar-refractivity contribution is -0.0856. The Bertz CT molecular complexity index is 752. The van der Waals surface area contributed by atoms with Crippen LogP contribution in [0.4, 0.5) is 4.79 Å². The number of nitrogens with zero attached hydrogens (tertiary/aromatic N) is 2.